The third-order valence-corrected chi connectivity index (χ3v) is 1.39. The summed E-state index contributed by atoms with van der Waals surface area (Å²) in [6.07, 6.45) is 7.19. The number of hydrazone groups is 1. The van der Waals surface area contributed by atoms with Crippen molar-refractivity contribution in [2.75, 3.05) is 0 Å². The molecule has 0 aliphatic carbocycles. The van der Waals surface area contributed by atoms with Crippen molar-refractivity contribution >= 4 is 12.6 Å². The van der Waals surface area contributed by atoms with Crippen molar-refractivity contribution in [3.8, 4) is 0 Å². The second-order valence-electron chi connectivity index (χ2n) is 2.68. The molecule has 0 aliphatic rings. The Morgan fingerprint density at radius 1 is 1.29 bits per heavy atom. The standard InChI is InChI=1S/C11H17N3/c1-6-8-13-11(10(3)4)14(12-5)9-7-2/h6-9H,3,5H2,1-2,4H3/b8-6-,9-7-,13-11?. The highest BCUT2D eigenvalue weighted by Gasteiger charge is 2.05. The molecule has 0 atom stereocenters. The van der Waals surface area contributed by atoms with E-state index in [1.165, 1.54) is 0 Å². The van der Waals surface area contributed by atoms with Gasteiger partial charge in [-0.25, -0.2) is 10.0 Å². The van der Waals surface area contributed by atoms with Gasteiger partial charge in [0.15, 0.2) is 5.84 Å². The smallest absolute Gasteiger partial charge is 0.155 e. The maximum Gasteiger partial charge on any atom is 0.155 e. The minimum atomic E-state index is 0.691. The Morgan fingerprint density at radius 3 is 2.29 bits per heavy atom. The van der Waals surface area contributed by atoms with Crippen LogP contribution in [0.5, 0.6) is 0 Å². The molecule has 0 aromatic heterocycles. The van der Waals surface area contributed by atoms with Gasteiger partial charge in [-0.2, -0.15) is 5.10 Å². The van der Waals surface area contributed by atoms with E-state index in [0.29, 0.717) is 5.84 Å². The van der Waals surface area contributed by atoms with E-state index in [2.05, 4.69) is 23.4 Å². The summed E-state index contributed by atoms with van der Waals surface area (Å²) in [7, 11) is 0. The lowest BCUT2D eigenvalue weighted by Gasteiger charge is -2.15. The molecule has 0 amide bonds. The maximum atomic E-state index is 4.21. The number of nitrogens with zero attached hydrogens (tertiary/aromatic N) is 3. The number of amidine groups is 1. The second-order valence-corrected chi connectivity index (χ2v) is 2.68. The molecule has 0 spiro atoms. The second kappa shape index (κ2) is 6.83. The molecule has 0 aromatic rings. The van der Waals surface area contributed by atoms with Crippen LogP contribution in [0, 0.1) is 0 Å². The largest absolute Gasteiger partial charge is 0.237 e. The van der Waals surface area contributed by atoms with Crippen LogP contribution in [-0.2, 0) is 0 Å². The monoisotopic (exact) mass is 191 g/mol. The minimum Gasteiger partial charge on any atom is -0.237 e. The van der Waals surface area contributed by atoms with Gasteiger partial charge >= 0.3 is 0 Å². The number of rotatable bonds is 4. The molecule has 0 unspecified atom stereocenters. The predicted octanol–water partition coefficient (Wildman–Crippen LogP) is 2.95. The van der Waals surface area contributed by atoms with Crippen LogP contribution in [0.1, 0.15) is 20.8 Å². The van der Waals surface area contributed by atoms with Crippen molar-refractivity contribution in [2.45, 2.75) is 20.8 Å². The fraction of sp³-hybridized carbons (Fsp3) is 0.273. The molecule has 0 bridgehead atoms. The van der Waals surface area contributed by atoms with E-state index in [0.717, 1.165) is 5.57 Å². The van der Waals surface area contributed by atoms with Crippen LogP contribution in [0.3, 0.4) is 0 Å². The van der Waals surface area contributed by atoms with Crippen LogP contribution >= 0.6 is 0 Å². The summed E-state index contributed by atoms with van der Waals surface area (Å²) in [5, 5.41) is 5.41. The zero-order valence-electron chi connectivity index (χ0n) is 9.07. The Hall–Kier alpha value is -1.64. The fourth-order valence-electron chi connectivity index (χ4n) is 0.836. The van der Waals surface area contributed by atoms with E-state index in [-0.39, 0.29) is 0 Å². The SMILES string of the molecule is C=NN(/C=C\C)C(=N/C=C\C)C(=C)C. The van der Waals surface area contributed by atoms with Crippen molar-refractivity contribution in [1.29, 1.82) is 0 Å². The van der Waals surface area contributed by atoms with Crippen molar-refractivity contribution in [3.05, 3.63) is 36.7 Å². The van der Waals surface area contributed by atoms with Gasteiger partial charge in [0.2, 0.25) is 0 Å². The van der Waals surface area contributed by atoms with E-state index < -0.39 is 0 Å². The summed E-state index contributed by atoms with van der Waals surface area (Å²) in [4.78, 5) is 4.21. The van der Waals surface area contributed by atoms with Crippen LogP contribution < -0.4 is 0 Å². The van der Waals surface area contributed by atoms with Gasteiger partial charge in [-0.15, -0.1) is 0 Å². The van der Waals surface area contributed by atoms with Crippen LogP contribution in [-0.4, -0.2) is 17.6 Å². The minimum absolute atomic E-state index is 0.691. The number of aliphatic imine (C=N–C) groups is 1. The van der Waals surface area contributed by atoms with E-state index >= 15 is 0 Å². The Kier molecular flexibility index (Phi) is 6.03. The lowest BCUT2D eigenvalue weighted by Crippen LogP contribution is -2.20. The van der Waals surface area contributed by atoms with Gasteiger partial charge in [-0.05, 0) is 26.3 Å². The molecule has 0 radical (unpaired) electrons. The highest BCUT2D eigenvalue weighted by atomic mass is 15.5. The summed E-state index contributed by atoms with van der Waals surface area (Å²) in [5.41, 5.74) is 0.841. The zero-order valence-corrected chi connectivity index (χ0v) is 9.07. The maximum absolute atomic E-state index is 4.21. The first-order chi connectivity index (χ1) is 6.67. The molecule has 0 saturated carbocycles. The molecule has 0 rings (SSSR count). The van der Waals surface area contributed by atoms with E-state index in [4.69, 9.17) is 0 Å². The van der Waals surface area contributed by atoms with E-state index in [9.17, 15) is 0 Å². The fourth-order valence-corrected chi connectivity index (χ4v) is 0.836. The molecule has 3 nitrogen and oxygen atoms in total. The van der Waals surface area contributed by atoms with Crippen LogP contribution in [0.25, 0.3) is 0 Å². The van der Waals surface area contributed by atoms with Gasteiger partial charge in [0.1, 0.15) is 0 Å². The van der Waals surface area contributed by atoms with Gasteiger partial charge in [0.05, 0.1) is 0 Å². The third-order valence-electron chi connectivity index (χ3n) is 1.39. The molecule has 0 saturated heterocycles. The average molecular weight is 191 g/mol. The lowest BCUT2D eigenvalue weighted by atomic mass is 10.3. The van der Waals surface area contributed by atoms with Crippen molar-refractivity contribution < 1.29 is 0 Å². The Morgan fingerprint density at radius 2 is 1.93 bits per heavy atom. The lowest BCUT2D eigenvalue weighted by molar-refractivity contribution is 0.606. The molecule has 14 heavy (non-hydrogen) atoms. The van der Waals surface area contributed by atoms with Crippen LogP contribution in [0.15, 0.2) is 46.8 Å². The number of allylic oxidation sites excluding steroid dienone is 2. The number of hydrogen-bond donors (Lipinski definition) is 0. The van der Waals surface area contributed by atoms with E-state index in [1.54, 1.807) is 17.4 Å². The van der Waals surface area contributed by atoms with Gasteiger partial charge in [0, 0.05) is 19.1 Å². The third kappa shape index (κ3) is 3.85. The molecule has 3 heteroatoms. The molecular weight excluding hydrogens is 174 g/mol. The quantitative estimate of drug-likeness (QED) is 0.381. The van der Waals surface area contributed by atoms with Gasteiger partial charge < -0.3 is 0 Å². The first-order valence-corrected chi connectivity index (χ1v) is 4.40. The first-order valence-electron chi connectivity index (χ1n) is 4.40. The van der Waals surface area contributed by atoms with E-state index in [1.807, 2.05) is 32.9 Å². The van der Waals surface area contributed by atoms with Gasteiger partial charge in [0.25, 0.3) is 0 Å². The first kappa shape index (κ1) is 12.4. The average Bonchev–Trinajstić information content (AvgIpc) is 2.16. The van der Waals surface area contributed by atoms with Crippen molar-refractivity contribution in [1.82, 2.24) is 5.01 Å². The predicted molar refractivity (Wildman–Crippen MR) is 63.3 cm³/mol. The highest BCUT2D eigenvalue weighted by Crippen LogP contribution is 2.03. The van der Waals surface area contributed by atoms with Crippen LogP contribution in [0.4, 0.5) is 0 Å². The molecule has 0 fully saturated rings. The summed E-state index contributed by atoms with van der Waals surface area (Å²) in [5.74, 6) is 0.691. The molecule has 0 aliphatic heterocycles. The molecule has 0 N–H and O–H groups in total. The van der Waals surface area contributed by atoms with Crippen molar-refractivity contribution in [3.63, 3.8) is 0 Å². The van der Waals surface area contributed by atoms with Crippen molar-refractivity contribution in [2.24, 2.45) is 10.1 Å². The van der Waals surface area contributed by atoms with Crippen LogP contribution in [0.2, 0.25) is 0 Å². The van der Waals surface area contributed by atoms with Gasteiger partial charge in [-0.1, -0.05) is 18.7 Å². The van der Waals surface area contributed by atoms with Gasteiger partial charge in [-0.3, -0.25) is 0 Å². The Bertz CT molecular complexity index is 285. The normalized spacial score (nSPS) is 12.4. The molecule has 0 aromatic carbocycles. The molecule has 0 heterocycles. The Labute approximate surface area is 85.8 Å². The number of hydrogen-bond acceptors (Lipinski definition) is 2. The molecule has 76 valence electrons. The molecular formula is C11H17N3. The summed E-state index contributed by atoms with van der Waals surface area (Å²) in [6, 6.07) is 0. The summed E-state index contributed by atoms with van der Waals surface area (Å²) < 4.78 is 0. The topological polar surface area (TPSA) is 28.0 Å². The summed E-state index contributed by atoms with van der Waals surface area (Å²) in [6.45, 7) is 13.0. The highest BCUT2D eigenvalue weighted by molar-refractivity contribution is 5.98. The zero-order chi connectivity index (χ0) is 11.0. The Balaban J connectivity index is 4.96. The summed E-state index contributed by atoms with van der Waals surface area (Å²) >= 11 is 0.